The Balaban J connectivity index is 1.68. The molecule has 2 aromatic rings. The van der Waals surface area contributed by atoms with Crippen LogP contribution in [0.5, 0.6) is 17.2 Å². The van der Waals surface area contributed by atoms with Gasteiger partial charge in [-0.25, -0.2) is 14.4 Å². The van der Waals surface area contributed by atoms with Gasteiger partial charge >= 0.3 is 36.1 Å². The highest BCUT2D eigenvalue weighted by Gasteiger charge is 2.56. The third-order valence-corrected chi connectivity index (χ3v) is 17.0. The average molecular weight is 1170 g/mol. The molecule has 29 heteroatoms. The largest absolute Gasteiger partial charge is 0.493 e. The second-order valence-corrected chi connectivity index (χ2v) is 25.9. The Morgan fingerprint density at radius 1 is 0.829 bits per heavy atom. The molecule has 2 saturated heterocycles. The molecule has 2 fully saturated rings. The van der Waals surface area contributed by atoms with Crippen molar-refractivity contribution in [3.63, 3.8) is 0 Å². The van der Waals surface area contributed by atoms with E-state index in [2.05, 4.69) is 66.6 Å². The molecular weight excluding hydrogens is 1100 g/mol. The standard InChI is InChI=1S/C53H75N7O21Si/c1-30-23-35(29-75-82(13,14)53(8,9)10)60(27-30)47(65)36-25-40(69-11)41(72-20-18-56-59-54)26-38(36)57-50(67)73-28-34-15-16-39(37(24-34)46(64)55-17-19-71-21-22-74-58-51(68)81-52(5,6)7)79-49-45(78-33(4)63)43(77-32(3)62)42(76-31(2)61)44(80-49)48(66)70-12/h15-16,24-26,35,42-45,49H,1,17-23,27-29H2,2-14H3,(H,55,64)(H,57,67)(H,58,68)/t35-,42-,43-,44-,45+,49+/m0/s1. The lowest BCUT2D eigenvalue weighted by atomic mass is 9.97. The zero-order chi connectivity index (χ0) is 61.1. The van der Waals surface area contributed by atoms with Crippen LogP contribution < -0.4 is 30.3 Å². The lowest BCUT2D eigenvalue weighted by Gasteiger charge is -2.43. The van der Waals surface area contributed by atoms with E-state index in [0.717, 1.165) is 33.5 Å². The number of hydrogen-bond acceptors (Lipinski definition) is 22. The molecule has 4 amide bonds. The maximum atomic E-state index is 14.7. The van der Waals surface area contributed by atoms with Crippen molar-refractivity contribution in [2.45, 2.75) is 136 Å². The first-order valence-electron chi connectivity index (χ1n) is 25.9. The monoisotopic (exact) mass is 1170 g/mol. The first-order valence-corrected chi connectivity index (χ1v) is 28.8. The second kappa shape index (κ2) is 30.4. The van der Waals surface area contributed by atoms with Crippen LogP contribution in [0, 0.1) is 0 Å². The number of ether oxygens (including phenoxy) is 11. The second-order valence-electron chi connectivity index (χ2n) is 21.1. The summed E-state index contributed by atoms with van der Waals surface area (Å²) in [5, 5.41) is 8.69. The van der Waals surface area contributed by atoms with Gasteiger partial charge in [0.2, 0.25) is 12.4 Å². The molecule has 0 saturated carbocycles. The van der Waals surface area contributed by atoms with Gasteiger partial charge in [0.1, 0.15) is 18.0 Å². The molecule has 452 valence electrons. The molecule has 2 heterocycles. The number of carbonyl (C=O) groups is 8. The van der Waals surface area contributed by atoms with E-state index in [-0.39, 0.29) is 103 Å². The Kier molecular flexibility index (Phi) is 24.8. The zero-order valence-corrected chi connectivity index (χ0v) is 49.5. The number of benzene rings is 2. The normalized spacial score (nSPS) is 18.8. The highest BCUT2D eigenvalue weighted by Crippen LogP contribution is 2.39. The molecule has 3 N–H and O–H groups in total. The SMILES string of the molecule is C=C1C[C@@H](CO[Si](C)(C)C(C)(C)C)N(C(=O)c2cc(OC)c(OCCN=[N+]=[N-])cc2NC(=O)OCc2ccc(O[C@@H]3O[C@H](C(=O)OC)[C@@H](OC(C)=O)[C@H](OC(C)=O)[C@H]3OC(C)=O)c(C(=O)NCCOCCONC(=O)OC(C)(C)C)c2)C1. The maximum absolute atomic E-state index is 14.7. The number of azide groups is 1. The number of carbonyl (C=O) groups excluding carboxylic acids is 8. The van der Waals surface area contributed by atoms with Crippen LogP contribution in [0.4, 0.5) is 15.3 Å². The molecule has 0 unspecified atom stereocenters. The molecule has 2 aromatic carbocycles. The molecule has 0 spiro atoms. The summed E-state index contributed by atoms with van der Waals surface area (Å²) in [6.07, 6.45) is -10.3. The fourth-order valence-corrected chi connectivity index (χ4v) is 8.82. The van der Waals surface area contributed by atoms with Crippen LogP contribution in [0.2, 0.25) is 18.1 Å². The van der Waals surface area contributed by atoms with Gasteiger partial charge in [-0.3, -0.25) is 34.1 Å². The minimum absolute atomic E-state index is 0.000742. The molecule has 0 aliphatic carbocycles. The number of nitrogens with zero attached hydrogens (tertiary/aromatic N) is 4. The first-order chi connectivity index (χ1) is 38.5. The zero-order valence-electron chi connectivity index (χ0n) is 48.5. The Bertz CT molecular complexity index is 2690. The molecule has 0 radical (unpaired) electrons. The summed E-state index contributed by atoms with van der Waals surface area (Å²) in [6, 6.07) is 6.33. The molecule has 4 rings (SSSR count). The van der Waals surface area contributed by atoms with Gasteiger partial charge in [-0.05, 0) is 74.6 Å². The maximum Gasteiger partial charge on any atom is 0.431 e. The van der Waals surface area contributed by atoms with Gasteiger partial charge in [-0.1, -0.05) is 44.1 Å². The number of esters is 4. The predicted molar refractivity (Wildman–Crippen MR) is 291 cm³/mol. The highest BCUT2D eigenvalue weighted by molar-refractivity contribution is 6.74. The molecule has 0 bridgehead atoms. The quantitative estimate of drug-likeness (QED) is 0.0109. The van der Waals surface area contributed by atoms with Crippen LogP contribution in [0.25, 0.3) is 10.4 Å². The van der Waals surface area contributed by atoms with Crippen molar-refractivity contribution < 1.29 is 99.7 Å². The van der Waals surface area contributed by atoms with Crippen molar-refractivity contribution in [2.75, 3.05) is 72.2 Å². The summed E-state index contributed by atoms with van der Waals surface area (Å²) in [4.78, 5) is 114. The fraction of sp³-hybridized carbons (Fsp3) is 0.585. The van der Waals surface area contributed by atoms with Gasteiger partial charge in [0.25, 0.3) is 11.8 Å². The van der Waals surface area contributed by atoms with Crippen molar-refractivity contribution in [3.8, 4) is 17.2 Å². The van der Waals surface area contributed by atoms with Crippen LogP contribution in [0.1, 0.15) is 95.0 Å². The van der Waals surface area contributed by atoms with Crippen molar-refractivity contribution in [2.24, 2.45) is 5.11 Å². The van der Waals surface area contributed by atoms with E-state index < -0.39 is 99.1 Å². The number of likely N-dealkylation sites (tertiary alicyclic amines) is 1. The Morgan fingerprint density at radius 2 is 1.50 bits per heavy atom. The van der Waals surface area contributed by atoms with E-state index in [1.165, 1.54) is 37.4 Å². The summed E-state index contributed by atoms with van der Waals surface area (Å²) in [7, 11) is 0.129. The van der Waals surface area contributed by atoms with E-state index in [4.69, 9.17) is 66.9 Å². The molecule has 6 atom stereocenters. The first kappa shape index (κ1) is 66.8. The number of nitrogens with one attached hydrogen (secondary N) is 3. The van der Waals surface area contributed by atoms with Crippen LogP contribution >= 0.6 is 0 Å². The summed E-state index contributed by atoms with van der Waals surface area (Å²) in [5.74, 6) is -5.28. The smallest absolute Gasteiger partial charge is 0.431 e. The number of anilines is 1. The molecule has 2 aliphatic rings. The van der Waals surface area contributed by atoms with Gasteiger partial charge in [0.05, 0.1) is 76.7 Å². The number of hydroxylamine groups is 1. The summed E-state index contributed by atoms with van der Waals surface area (Å²) < 4.78 is 67.6. The molecule has 82 heavy (non-hydrogen) atoms. The molecule has 0 aromatic heterocycles. The van der Waals surface area contributed by atoms with E-state index in [1.54, 1.807) is 25.7 Å². The van der Waals surface area contributed by atoms with E-state index >= 15 is 0 Å². The average Bonchev–Trinajstić information content (AvgIpc) is 3.94. The summed E-state index contributed by atoms with van der Waals surface area (Å²) in [5.41, 5.74) is 10.9. The number of methoxy groups -OCH3 is 2. The van der Waals surface area contributed by atoms with Gasteiger partial charge in [0.15, 0.2) is 38.1 Å². The van der Waals surface area contributed by atoms with Crippen LogP contribution in [0.3, 0.4) is 0 Å². The predicted octanol–water partition coefficient (Wildman–Crippen LogP) is 6.20. The van der Waals surface area contributed by atoms with Crippen molar-refractivity contribution in [1.82, 2.24) is 15.7 Å². The van der Waals surface area contributed by atoms with E-state index in [0.29, 0.717) is 6.42 Å². The van der Waals surface area contributed by atoms with Crippen LogP contribution in [-0.2, 0) is 72.9 Å². The van der Waals surface area contributed by atoms with Gasteiger partial charge in [0, 0.05) is 44.8 Å². The van der Waals surface area contributed by atoms with Crippen LogP contribution in [-0.4, -0.2) is 170 Å². The topological polar surface area (TPSA) is 345 Å². The molecular formula is C53H75N7O21Si. The third-order valence-electron chi connectivity index (χ3n) is 12.5. The Morgan fingerprint density at radius 3 is 2.12 bits per heavy atom. The van der Waals surface area contributed by atoms with Crippen LogP contribution in [0.15, 0.2) is 47.6 Å². The van der Waals surface area contributed by atoms with Gasteiger partial charge in [-0.15, -0.1) is 0 Å². The lowest BCUT2D eigenvalue weighted by molar-refractivity contribution is -0.282. The van der Waals surface area contributed by atoms with Gasteiger partial charge in [-0.2, -0.15) is 5.48 Å². The number of rotatable bonds is 26. The number of hydrogen-bond donors (Lipinski definition) is 3. The fourth-order valence-electron chi connectivity index (χ4n) is 7.78. The van der Waals surface area contributed by atoms with Crippen molar-refractivity contribution in [3.05, 3.63) is 69.6 Å². The molecule has 28 nitrogen and oxygen atoms in total. The number of amides is 4. The molecule has 2 aliphatic heterocycles. The van der Waals surface area contributed by atoms with E-state index in [1.807, 2.05) is 0 Å². The minimum Gasteiger partial charge on any atom is -0.493 e. The summed E-state index contributed by atoms with van der Waals surface area (Å²) in [6.45, 7) is 22.3. The third kappa shape index (κ3) is 20.1. The minimum atomic E-state index is -2.25. The van der Waals surface area contributed by atoms with E-state index in [9.17, 15) is 38.4 Å². The highest BCUT2D eigenvalue weighted by atomic mass is 28.4. The Hall–Kier alpha value is -7.69. The lowest BCUT2D eigenvalue weighted by Crippen LogP contribution is -2.64. The van der Waals surface area contributed by atoms with Crippen molar-refractivity contribution in [1.29, 1.82) is 0 Å². The summed E-state index contributed by atoms with van der Waals surface area (Å²) >= 11 is 0. The Labute approximate surface area is 476 Å². The van der Waals surface area contributed by atoms with Gasteiger partial charge < -0.3 is 66.7 Å². The van der Waals surface area contributed by atoms with Crippen molar-refractivity contribution >= 4 is 61.9 Å².